The molecule has 1 aromatic heterocycles. The van der Waals surface area contributed by atoms with Gasteiger partial charge in [-0.3, -0.25) is 0 Å². The van der Waals surface area contributed by atoms with E-state index < -0.39 is 5.60 Å². The summed E-state index contributed by atoms with van der Waals surface area (Å²) in [4.78, 5) is 13.7. The molecular weight excluding hydrogens is 266 g/mol. The molecule has 0 spiro atoms. The van der Waals surface area contributed by atoms with Crippen LogP contribution in [0.4, 0.5) is 10.5 Å². The standard InChI is InChI=1S/C16H21N3O2/c1-16(2,3)21-15(20)18-9-13(10-18)19-7-6-11-8-12(17)4-5-14(11)19/h4-8,13H,9-10,17H2,1-3H3. The minimum absolute atomic E-state index is 0.237. The fourth-order valence-electron chi connectivity index (χ4n) is 2.61. The molecule has 2 heterocycles. The largest absolute Gasteiger partial charge is 0.444 e. The molecule has 0 saturated carbocycles. The highest BCUT2D eigenvalue weighted by molar-refractivity contribution is 5.83. The summed E-state index contributed by atoms with van der Waals surface area (Å²) < 4.78 is 7.58. The summed E-state index contributed by atoms with van der Waals surface area (Å²) in [5.41, 5.74) is 7.27. The Balaban J connectivity index is 1.69. The van der Waals surface area contributed by atoms with Crippen molar-refractivity contribution in [1.82, 2.24) is 9.47 Å². The Hall–Kier alpha value is -2.17. The van der Waals surface area contributed by atoms with E-state index in [2.05, 4.69) is 16.8 Å². The Kier molecular flexibility index (Phi) is 3.08. The van der Waals surface area contributed by atoms with Gasteiger partial charge in [-0.2, -0.15) is 0 Å². The van der Waals surface area contributed by atoms with Gasteiger partial charge in [-0.25, -0.2) is 4.79 Å². The number of carbonyl (C=O) groups excluding carboxylic acids is 1. The van der Waals surface area contributed by atoms with Gasteiger partial charge in [0.2, 0.25) is 0 Å². The zero-order chi connectivity index (χ0) is 15.2. The molecule has 0 radical (unpaired) electrons. The van der Waals surface area contributed by atoms with Crippen LogP contribution < -0.4 is 5.73 Å². The summed E-state index contributed by atoms with van der Waals surface area (Å²) in [5, 5.41) is 1.13. The number of nitrogens with zero attached hydrogens (tertiary/aromatic N) is 2. The number of fused-ring (bicyclic) bond motifs is 1. The molecule has 1 saturated heterocycles. The second kappa shape index (κ2) is 4.69. The van der Waals surface area contributed by atoms with E-state index in [4.69, 9.17) is 10.5 Å². The van der Waals surface area contributed by atoms with Crippen molar-refractivity contribution >= 4 is 22.7 Å². The van der Waals surface area contributed by atoms with Gasteiger partial charge in [0.25, 0.3) is 0 Å². The van der Waals surface area contributed by atoms with Gasteiger partial charge in [-0.1, -0.05) is 0 Å². The zero-order valence-corrected chi connectivity index (χ0v) is 12.7. The fraction of sp³-hybridized carbons (Fsp3) is 0.438. The number of carbonyl (C=O) groups is 1. The first-order chi connectivity index (χ1) is 9.83. The second-order valence-corrected chi connectivity index (χ2v) is 6.58. The molecule has 1 fully saturated rings. The lowest BCUT2D eigenvalue weighted by atomic mass is 10.1. The molecule has 21 heavy (non-hydrogen) atoms. The minimum Gasteiger partial charge on any atom is -0.444 e. The SMILES string of the molecule is CC(C)(C)OC(=O)N1CC(n2ccc3cc(N)ccc32)C1. The van der Waals surface area contributed by atoms with Gasteiger partial charge < -0.3 is 19.9 Å². The maximum Gasteiger partial charge on any atom is 0.410 e. The van der Waals surface area contributed by atoms with Crippen molar-refractivity contribution in [1.29, 1.82) is 0 Å². The Morgan fingerprint density at radius 3 is 2.67 bits per heavy atom. The average Bonchev–Trinajstić information content (AvgIpc) is 2.67. The average molecular weight is 287 g/mol. The highest BCUT2D eigenvalue weighted by atomic mass is 16.6. The first kappa shape index (κ1) is 13.8. The molecule has 1 aromatic carbocycles. The summed E-state index contributed by atoms with van der Waals surface area (Å²) in [5.74, 6) is 0. The summed E-state index contributed by atoms with van der Waals surface area (Å²) in [6, 6.07) is 8.26. The van der Waals surface area contributed by atoms with Crippen molar-refractivity contribution in [2.75, 3.05) is 18.8 Å². The molecule has 2 N–H and O–H groups in total. The van der Waals surface area contributed by atoms with Crippen LogP contribution in [0.15, 0.2) is 30.5 Å². The normalized spacial score (nSPS) is 16.0. The van der Waals surface area contributed by atoms with Gasteiger partial charge in [-0.15, -0.1) is 0 Å². The van der Waals surface area contributed by atoms with Crippen molar-refractivity contribution in [3.63, 3.8) is 0 Å². The van der Waals surface area contributed by atoms with E-state index in [1.165, 1.54) is 0 Å². The fourth-order valence-corrected chi connectivity index (χ4v) is 2.61. The van der Waals surface area contributed by atoms with E-state index >= 15 is 0 Å². The van der Waals surface area contributed by atoms with Crippen molar-refractivity contribution in [3.05, 3.63) is 30.5 Å². The number of ether oxygens (including phenoxy) is 1. The molecule has 112 valence electrons. The number of benzene rings is 1. The van der Waals surface area contributed by atoms with Gasteiger partial charge in [-0.05, 0) is 45.0 Å². The molecular formula is C16H21N3O2. The summed E-state index contributed by atoms with van der Waals surface area (Å²) >= 11 is 0. The molecule has 3 rings (SSSR count). The number of anilines is 1. The summed E-state index contributed by atoms with van der Waals surface area (Å²) in [6.45, 7) is 7.01. The molecule has 5 nitrogen and oxygen atoms in total. The third kappa shape index (κ3) is 2.68. The van der Waals surface area contributed by atoms with E-state index in [0.717, 1.165) is 16.6 Å². The predicted molar refractivity (Wildman–Crippen MR) is 83.2 cm³/mol. The van der Waals surface area contributed by atoms with Crippen LogP contribution >= 0.6 is 0 Å². The zero-order valence-electron chi connectivity index (χ0n) is 12.7. The van der Waals surface area contributed by atoms with Crippen LogP contribution in [0.5, 0.6) is 0 Å². The van der Waals surface area contributed by atoms with Crippen molar-refractivity contribution in [3.8, 4) is 0 Å². The molecule has 0 aliphatic carbocycles. The maximum absolute atomic E-state index is 11.9. The van der Waals surface area contributed by atoms with Gasteiger partial charge in [0.1, 0.15) is 5.60 Å². The van der Waals surface area contributed by atoms with Crippen LogP contribution in [0, 0.1) is 0 Å². The van der Waals surface area contributed by atoms with Gasteiger partial charge in [0.15, 0.2) is 0 Å². The number of likely N-dealkylation sites (tertiary alicyclic amines) is 1. The first-order valence-electron chi connectivity index (χ1n) is 7.17. The van der Waals surface area contributed by atoms with E-state index in [9.17, 15) is 4.79 Å². The van der Waals surface area contributed by atoms with Crippen LogP contribution in [-0.4, -0.2) is 34.3 Å². The summed E-state index contributed by atoms with van der Waals surface area (Å²) in [6.07, 6.45) is 1.82. The number of nitrogen functional groups attached to an aromatic ring is 1. The van der Waals surface area contributed by atoms with Gasteiger partial charge >= 0.3 is 6.09 Å². The molecule has 0 bridgehead atoms. The monoisotopic (exact) mass is 287 g/mol. The smallest absolute Gasteiger partial charge is 0.410 e. The Morgan fingerprint density at radius 1 is 1.29 bits per heavy atom. The van der Waals surface area contributed by atoms with E-state index in [-0.39, 0.29) is 6.09 Å². The van der Waals surface area contributed by atoms with Crippen molar-refractivity contribution in [2.45, 2.75) is 32.4 Å². The minimum atomic E-state index is -0.445. The van der Waals surface area contributed by atoms with E-state index in [1.54, 1.807) is 4.90 Å². The lowest BCUT2D eigenvalue weighted by Gasteiger charge is -2.40. The first-order valence-corrected chi connectivity index (χ1v) is 7.17. The number of aromatic nitrogens is 1. The number of hydrogen-bond donors (Lipinski definition) is 1. The topological polar surface area (TPSA) is 60.5 Å². The Labute approximate surface area is 124 Å². The van der Waals surface area contributed by atoms with Crippen LogP contribution in [0.3, 0.4) is 0 Å². The Bertz CT molecular complexity index is 678. The van der Waals surface area contributed by atoms with Crippen molar-refractivity contribution in [2.24, 2.45) is 0 Å². The predicted octanol–water partition coefficient (Wildman–Crippen LogP) is 3.02. The highest BCUT2D eigenvalue weighted by Gasteiger charge is 2.34. The third-order valence-corrected chi connectivity index (χ3v) is 3.65. The van der Waals surface area contributed by atoms with Crippen LogP contribution in [0.2, 0.25) is 0 Å². The molecule has 0 atom stereocenters. The number of rotatable bonds is 1. The van der Waals surface area contributed by atoms with Gasteiger partial charge in [0.05, 0.1) is 6.04 Å². The van der Waals surface area contributed by atoms with E-state index in [1.807, 2.05) is 39.0 Å². The summed E-state index contributed by atoms with van der Waals surface area (Å²) in [7, 11) is 0. The van der Waals surface area contributed by atoms with Crippen LogP contribution in [0.25, 0.3) is 10.9 Å². The lowest BCUT2D eigenvalue weighted by Crippen LogP contribution is -2.52. The molecule has 0 unspecified atom stereocenters. The highest BCUT2D eigenvalue weighted by Crippen LogP contribution is 2.29. The van der Waals surface area contributed by atoms with Crippen LogP contribution in [-0.2, 0) is 4.74 Å². The Morgan fingerprint density at radius 2 is 2.00 bits per heavy atom. The molecule has 2 aromatic rings. The number of nitrogens with two attached hydrogens (primary N) is 1. The number of hydrogen-bond acceptors (Lipinski definition) is 3. The van der Waals surface area contributed by atoms with Crippen molar-refractivity contribution < 1.29 is 9.53 Å². The molecule has 1 amide bonds. The lowest BCUT2D eigenvalue weighted by molar-refractivity contribution is 0.00158. The van der Waals surface area contributed by atoms with Crippen LogP contribution in [0.1, 0.15) is 26.8 Å². The van der Waals surface area contributed by atoms with Gasteiger partial charge in [0, 0.05) is 35.9 Å². The maximum atomic E-state index is 11.9. The quantitative estimate of drug-likeness (QED) is 0.820. The third-order valence-electron chi connectivity index (χ3n) is 3.65. The molecule has 5 heteroatoms. The molecule has 1 aliphatic rings. The molecule has 1 aliphatic heterocycles. The number of amides is 1. The second-order valence-electron chi connectivity index (χ2n) is 6.58. The van der Waals surface area contributed by atoms with E-state index in [0.29, 0.717) is 19.1 Å².